The number of benzene rings is 1. The molecule has 124 valence electrons. The molecule has 24 heavy (non-hydrogen) atoms. The van der Waals surface area contributed by atoms with Crippen molar-refractivity contribution >= 4 is 5.97 Å². The van der Waals surface area contributed by atoms with Crippen molar-refractivity contribution < 1.29 is 23.1 Å². The minimum absolute atomic E-state index is 0.00568. The summed E-state index contributed by atoms with van der Waals surface area (Å²) in [7, 11) is 0. The van der Waals surface area contributed by atoms with Gasteiger partial charge in [-0.1, -0.05) is 18.2 Å². The largest absolute Gasteiger partial charge is 0.459 e. The van der Waals surface area contributed by atoms with Crippen LogP contribution in [0.3, 0.4) is 0 Å². The molecule has 1 aromatic carbocycles. The minimum atomic E-state index is -2.58. The fraction of sp³-hybridized carbons (Fsp3) is 0.353. The van der Waals surface area contributed by atoms with Crippen LogP contribution in [-0.4, -0.2) is 34.3 Å². The molecule has 0 amide bonds. The Bertz CT molecular complexity index is 928. The average molecular weight is 331 g/mol. The van der Waals surface area contributed by atoms with Gasteiger partial charge in [0.25, 0.3) is 5.56 Å². The van der Waals surface area contributed by atoms with Crippen molar-refractivity contribution in [1.82, 2.24) is 9.55 Å². The van der Waals surface area contributed by atoms with Gasteiger partial charge in [-0.05, 0) is 19.0 Å². The third kappa shape index (κ3) is 2.56. The molecule has 0 aliphatic carbocycles. The van der Waals surface area contributed by atoms with E-state index < -0.39 is 42.4 Å². The van der Waals surface area contributed by atoms with Gasteiger partial charge in [-0.25, -0.2) is 4.79 Å². The minimum Gasteiger partial charge on any atom is -0.459 e. The van der Waals surface area contributed by atoms with Crippen molar-refractivity contribution in [3.05, 3.63) is 58.0 Å². The number of carbonyl (C=O) groups is 1. The number of nitrogens with zero attached hydrogens (tertiary/aromatic N) is 2. The predicted molar refractivity (Wildman–Crippen MR) is 82.9 cm³/mol. The maximum Gasteiger partial charge on any atom is 0.338 e. The molecule has 7 heteroatoms. The van der Waals surface area contributed by atoms with Gasteiger partial charge in [0, 0.05) is 22.3 Å². The van der Waals surface area contributed by atoms with Gasteiger partial charge in [-0.3, -0.25) is 9.36 Å². The third-order valence-electron chi connectivity index (χ3n) is 4.05. The van der Waals surface area contributed by atoms with E-state index in [1.165, 1.54) is 10.8 Å². The maximum absolute atomic E-state index is 12.1. The molecule has 1 saturated heterocycles. The van der Waals surface area contributed by atoms with E-state index in [0.29, 0.717) is 12.0 Å². The summed E-state index contributed by atoms with van der Waals surface area (Å²) in [5.74, 6) is -0.476. The molecular weight excluding hydrogens is 312 g/mol. The van der Waals surface area contributed by atoms with Crippen molar-refractivity contribution in [2.24, 2.45) is 0 Å². The molecule has 1 aromatic heterocycles. The third-order valence-corrected chi connectivity index (χ3v) is 4.05. The van der Waals surface area contributed by atoms with E-state index in [9.17, 15) is 9.59 Å². The van der Waals surface area contributed by atoms with Gasteiger partial charge >= 0.3 is 12.0 Å². The van der Waals surface area contributed by atoms with E-state index >= 15 is 0 Å². The number of ether oxygens (including phenoxy) is 3. The van der Waals surface area contributed by atoms with Crippen LogP contribution < -0.4 is 10.3 Å². The van der Waals surface area contributed by atoms with Crippen molar-refractivity contribution in [3.8, 4) is 6.01 Å². The van der Waals surface area contributed by atoms with E-state index in [2.05, 4.69) is 4.98 Å². The molecule has 2 aliphatic heterocycles. The average Bonchev–Trinajstić information content (AvgIpc) is 2.96. The van der Waals surface area contributed by atoms with Crippen molar-refractivity contribution in [2.45, 2.75) is 31.7 Å². The zero-order valence-electron chi connectivity index (χ0n) is 15.5. The van der Waals surface area contributed by atoms with Gasteiger partial charge in [-0.15, -0.1) is 0 Å². The first-order valence-corrected chi connectivity index (χ1v) is 7.51. The first-order chi connectivity index (χ1) is 12.8. The van der Waals surface area contributed by atoms with Crippen LogP contribution >= 0.6 is 0 Å². The predicted octanol–water partition coefficient (Wildman–Crippen LogP) is 1.46. The van der Waals surface area contributed by atoms with Crippen LogP contribution in [0.15, 0.2) is 41.3 Å². The summed E-state index contributed by atoms with van der Waals surface area (Å²) in [5, 5.41) is 0. The Hall–Kier alpha value is -2.67. The number of aryl methyl sites for hydroxylation is 1. The first kappa shape index (κ1) is 11.8. The zero-order valence-corrected chi connectivity index (χ0v) is 12.5. The Kier molecular flexibility index (Phi) is 2.83. The van der Waals surface area contributed by atoms with Crippen molar-refractivity contribution in [2.75, 3.05) is 6.61 Å². The number of hydrogen-bond acceptors (Lipinski definition) is 6. The van der Waals surface area contributed by atoms with Crippen molar-refractivity contribution in [3.63, 3.8) is 0 Å². The Morgan fingerprint density at radius 1 is 1.46 bits per heavy atom. The summed E-state index contributed by atoms with van der Waals surface area (Å²) in [6, 6.07) is 8.57. The number of hydrogen-bond donors (Lipinski definition) is 0. The second-order valence-corrected chi connectivity index (χ2v) is 5.64. The monoisotopic (exact) mass is 331 g/mol. The molecule has 2 aliphatic rings. The van der Waals surface area contributed by atoms with Crippen LogP contribution in [0.4, 0.5) is 0 Å². The Labute approximate surface area is 142 Å². The lowest BCUT2D eigenvalue weighted by Crippen LogP contribution is -2.34. The Balaban J connectivity index is 1.49. The number of rotatable bonds is 3. The van der Waals surface area contributed by atoms with Crippen LogP contribution in [0, 0.1) is 6.85 Å². The smallest absolute Gasteiger partial charge is 0.338 e. The zero-order chi connectivity index (χ0) is 19.2. The first-order valence-electron chi connectivity index (χ1n) is 9.01. The second kappa shape index (κ2) is 5.76. The molecule has 3 atom stereocenters. The van der Waals surface area contributed by atoms with E-state index in [0.717, 1.165) is 0 Å². The van der Waals surface area contributed by atoms with Crippen LogP contribution in [0.1, 0.15) is 32.7 Å². The van der Waals surface area contributed by atoms with Crippen LogP contribution in [-0.2, 0) is 9.47 Å². The highest BCUT2D eigenvalue weighted by Gasteiger charge is 2.43. The highest BCUT2D eigenvalue weighted by Crippen LogP contribution is 2.37. The highest BCUT2D eigenvalue weighted by molar-refractivity contribution is 5.89. The summed E-state index contributed by atoms with van der Waals surface area (Å²) < 4.78 is 40.5. The van der Waals surface area contributed by atoms with E-state index in [4.69, 9.17) is 18.3 Å². The number of esters is 1. The van der Waals surface area contributed by atoms with Gasteiger partial charge in [-0.2, -0.15) is 4.98 Å². The Morgan fingerprint density at radius 2 is 2.29 bits per heavy atom. The summed E-state index contributed by atoms with van der Waals surface area (Å²) in [6.45, 7) is -2.61. The van der Waals surface area contributed by atoms with Gasteiger partial charge in [0.15, 0.2) is 0 Å². The SMILES string of the molecule is [2H]C([2H])([2H])c1cn2c(nc1=O)OC1CC2OC1COC(=O)c1ccccc1. The fourth-order valence-corrected chi connectivity index (χ4v) is 2.84. The Morgan fingerprint density at radius 3 is 3.08 bits per heavy atom. The molecular formula is C17H16N2O5. The van der Waals surface area contributed by atoms with Gasteiger partial charge in [0.1, 0.15) is 25.0 Å². The maximum atomic E-state index is 12.1. The molecule has 3 unspecified atom stereocenters. The van der Waals surface area contributed by atoms with Gasteiger partial charge in [0.05, 0.1) is 5.56 Å². The summed E-state index contributed by atoms with van der Waals surface area (Å²) in [5.41, 5.74) is -0.817. The molecule has 0 N–H and O–H groups in total. The van der Waals surface area contributed by atoms with Crippen LogP contribution in [0.2, 0.25) is 0 Å². The van der Waals surface area contributed by atoms with E-state index in [1.807, 2.05) is 0 Å². The lowest BCUT2D eigenvalue weighted by atomic mass is 10.1. The second-order valence-electron chi connectivity index (χ2n) is 5.64. The molecule has 3 heterocycles. The summed E-state index contributed by atoms with van der Waals surface area (Å²) in [4.78, 5) is 27.8. The quantitative estimate of drug-likeness (QED) is 0.792. The van der Waals surface area contributed by atoms with E-state index in [-0.39, 0.29) is 12.6 Å². The number of aromatic nitrogens is 2. The molecule has 4 rings (SSSR count). The lowest BCUT2D eigenvalue weighted by molar-refractivity contribution is -0.0351. The molecule has 2 bridgehead atoms. The molecule has 0 spiro atoms. The van der Waals surface area contributed by atoms with Gasteiger partial charge < -0.3 is 14.2 Å². The molecule has 1 fully saturated rings. The van der Waals surface area contributed by atoms with Crippen molar-refractivity contribution in [1.29, 1.82) is 0 Å². The molecule has 0 saturated carbocycles. The highest BCUT2D eigenvalue weighted by atomic mass is 16.6. The summed E-state index contributed by atoms with van der Waals surface area (Å²) >= 11 is 0. The standard InChI is InChI=1S/C17H16N2O5/c1-10-8-19-14-7-12(24-17(19)18-15(10)20)13(23-14)9-22-16(21)11-5-3-2-4-6-11/h2-6,8,12-14H,7,9H2,1H3/i1D3. The van der Waals surface area contributed by atoms with Gasteiger partial charge in [0.2, 0.25) is 0 Å². The topological polar surface area (TPSA) is 79.7 Å². The van der Waals surface area contributed by atoms with E-state index in [1.54, 1.807) is 30.3 Å². The molecule has 7 nitrogen and oxygen atoms in total. The lowest BCUT2D eigenvalue weighted by Gasteiger charge is -2.23. The number of fused-ring (bicyclic) bond motifs is 4. The summed E-state index contributed by atoms with van der Waals surface area (Å²) in [6.07, 6.45) is 0.121. The van der Waals surface area contributed by atoms with Crippen LogP contribution in [0.5, 0.6) is 6.01 Å². The fourth-order valence-electron chi connectivity index (χ4n) is 2.84. The number of carbonyl (C=O) groups excluding carboxylic acids is 1. The normalized spacial score (nSPS) is 26.5. The van der Waals surface area contributed by atoms with Crippen LogP contribution in [0.25, 0.3) is 0 Å². The molecule has 2 aromatic rings. The molecule has 0 radical (unpaired) electrons.